The molecule has 1 fully saturated rings. The summed E-state index contributed by atoms with van der Waals surface area (Å²) in [5, 5.41) is 15.4. The Morgan fingerprint density at radius 3 is 2.86 bits per heavy atom. The number of fused-ring (bicyclic) bond motifs is 1. The van der Waals surface area contributed by atoms with Crippen LogP contribution in [-0.2, 0) is 0 Å². The first-order valence-corrected chi connectivity index (χ1v) is 10.5. The molecule has 2 aromatic carbocycles. The van der Waals surface area contributed by atoms with E-state index in [4.69, 9.17) is 5.11 Å². The average molecular weight is 390 g/mol. The Hall–Kier alpha value is -2.44. The number of hydrogen-bond donors (Lipinski definition) is 2. The van der Waals surface area contributed by atoms with Gasteiger partial charge in [-0.15, -0.1) is 0 Å². The lowest BCUT2D eigenvalue weighted by atomic mass is 9.73. The minimum absolute atomic E-state index is 0.530. The maximum atomic E-state index is 8.82. The van der Waals surface area contributed by atoms with Crippen LogP contribution in [0, 0.1) is 5.37 Å². The van der Waals surface area contributed by atoms with Crippen LogP contribution < -0.4 is 10.8 Å². The molecule has 1 aromatic heterocycles. The molecule has 1 aliphatic heterocycles. The zero-order chi connectivity index (χ0) is 19.3. The van der Waals surface area contributed by atoms with Crippen molar-refractivity contribution in [1.29, 1.82) is 0 Å². The number of nitrogens with one attached hydrogen (secondary N) is 1. The third-order valence-electron chi connectivity index (χ3n) is 5.29. The lowest BCUT2D eigenvalue weighted by Crippen LogP contribution is -2.25. The van der Waals surface area contributed by atoms with Gasteiger partial charge in [-0.1, -0.05) is 36.6 Å². The number of aliphatic hydroxyl groups excluding tert-OH is 1. The van der Waals surface area contributed by atoms with Gasteiger partial charge in [-0.2, -0.15) is 0 Å². The molecule has 4 rings (SSSR count). The van der Waals surface area contributed by atoms with Crippen molar-refractivity contribution in [3.63, 3.8) is 0 Å². The quantitative estimate of drug-likeness (QED) is 0.527. The second-order valence-electron chi connectivity index (χ2n) is 7.08. The lowest BCUT2D eigenvalue weighted by molar-refractivity contribution is 0.348. The van der Waals surface area contributed by atoms with Crippen LogP contribution in [-0.4, -0.2) is 39.7 Å². The van der Waals surface area contributed by atoms with Crippen molar-refractivity contribution in [2.24, 2.45) is 0 Å². The molecule has 28 heavy (non-hydrogen) atoms. The number of aliphatic hydroxyl groups is 1. The van der Waals surface area contributed by atoms with Gasteiger partial charge in [0.25, 0.3) is 0 Å². The molecule has 0 atom stereocenters. The second-order valence-corrected chi connectivity index (χ2v) is 7.96. The number of benzene rings is 2. The third-order valence-corrected chi connectivity index (χ3v) is 6.00. The number of nitrogens with zero attached hydrogens (tertiary/aromatic N) is 3. The summed E-state index contributed by atoms with van der Waals surface area (Å²) in [7, 11) is 1.01. The number of aromatic nitrogens is 2. The predicted octanol–water partition coefficient (Wildman–Crippen LogP) is 3.60. The summed E-state index contributed by atoms with van der Waals surface area (Å²) in [5.74, 6) is 1.15. The van der Waals surface area contributed by atoms with Crippen molar-refractivity contribution in [2.45, 2.75) is 25.6 Å². The van der Waals surface area contributed by atoms with Gasteiger partial charge in [-0.3, -0.25) is 0 Å². The van der Waals surface area contributed by atoms with Crippen molar-refractivity contribution in [1.82, 2.24) is 14.3 Å². The Labute approximate surface area is 169 Å². The minimum atomic E-state index is 0.530. The largest absolute Gasteiger partial charge is 0.324 e. The first-order valence-electron chi connectivity index (χ1n) is 9.69. The number of anilines is 2. The molecule has 7 heteroatoms. The van der Waals surface area contributed by atoms with E-state index in [0.717, 1.165) is 49.8 Å². The fourth-order valence-corrected chi connectivity index (χ4v) is 4.21. The average Bonchev–Trinajstić information content (AvgIpc) is 2.74. The van der Waals surface area contributed by atoms with E-state index in [2.05, 4.69) is 74.2 Å². The van der Waals surface area contributed by atoms with Crippen molar-refractivity contribution >= 4 is 46.6 Å². The fourth-order valence-electron chi connectivity index (χ4n) is 3.70. The summed E-state index contributed by atoms with van der Waals surface area (Å²) < 4.78 is 2.14. The topological polar surface area (TPSA) is 61.3 Å². The predicted molar refractivity (Wildman–Crippen MR) is 119 cm³/mol. The molecule has 2 N–H and O–H groups in total. The Morgan fingerprint density at radius 1 is 1.21 bits per heavy atom. The van der Waals surface area contributed by atoms with E-state index < -0.39 is 0 Å². The molecule has 0 unspecified atom stereocenters. The molecule has 0 saturated carbocycles. The maximum Gasteiger partial charge on any atom is 0.227 e. The summed E-state index contributed by atoms with van der Waals surface area (Å²) in [6, 6.07) is 14.9. The molecular weight excluding hydrogens is 367 g/mol. The smallest absolute Gasteiger partial charge is 0.227 e. The van der Waals surface area contributed by atoms with Gasteiger partial charge in [0.2, 0.25) is 5.95 Å². The molecule has 5 nitrogen and oxygen atoms in total. The highest BCUT2D eigenvalue weighted by Gasteiger charge is 2.20. The van der Waals surface area contributed by atoms with Gasteiger partial charge < -0.3 is 10.4 Å². The molecular formula is C21H23BN4OS. The van der Waals surface area contributed by atoms with Gasteiger partial charge in [0.15, 0.2) is 7.28 Å². The highest BCUT2D eigenvalue weighted by atomic mass is 32.1. The normalized spacial score (nSPS) is 15.2. The van der Waals surface area contributed by atoms with Crippen LogP contribution in [0.5, 0.6) is 0 Å². The van der Waals surface area contributed by atoms with Crippen LogP contribution >= 0.6 is 11.4 Å². The Balaban J connectivity index is 1.49. The molecule has 0 amide bonds. The van der Waals surface area contributed by atoms with Crippen LogP contribution in [0.25, 0.3) is 10.9 Å². The highest BCUT2D eigenvalue weighted by Crippen LogP contribution is 2.30. The van der Waals surface area contributed by atoms with E-state index >= 15 is 0 Å². The van der Waals surface area contributed by atoms with Gasteiger partial charge in [0.05, 0.1) is 10.9 Å². The molecule has 142 valence electrons. The molecule has 0 spiro atoms. The van der Waals surface area contributed by atoms with E-state index in [-0.39, 0.29) is 0 Å². The van der Waals surface area contributed by atoms with Crippen molar-refractivity contribution < 1.29 is 5.11 Å². The summed E-state index contributed by atoms with van der Waals surface area (Å²) in [5.41, 5.74) is 4.59. The number of piperidine rings is 1. The van der Waals surface area contributed by atoms with Crippen molar-refractivity contribution in [2.75, 3.05) is 18.4 Å². The standard InChI is InChI=1S/C21H23BN4OS/c1-22-18-5-6-20-17(11-18)13-23-21(25-20)24-19-4-2-3-16(12-19)15-7-9-26(10-8-15)28-14-27/h2-6,11-13,15,22,27H,7-10H2,1H3,(H,23,24,25). The monoisotopic (exact) mass is 390 g/mol. The van der Waals surface area contributed by atoms with E-state index in [1.807, 2.05) is 6.20 Å². The molecule has 0 bridgehead atoms. The summed E-state index contributed by atoms with van der Waals surface area (Å²) in [6.45, 7) is 4.05. The molecule has 0 radical (unpaired) electrons. The third kappa shape index (κ3) is 4.34. The van der Waals surface area contributed by atoms with Crippen LogP contribution in [0.3, 0.4) is 0 Å². The Kier molecular flexibility index (Phi) is 5.88. The van der Waals surface area contributed by atoms with Gasteiger partial charge >= 0.3 is 0 Å². The van der Waals surface area contributed by atoms with E-state index in [1.54, 1.807) is 0 Å². The van der Waals surface area contributed by atoms with E-state index in [0.29, 0.717) is 11.9 Å². The summed E-state index contributed by atoms with van der Waals surface area (Å²) in [6.07, 6.45) is 4.03. The molecule has 1 saturated heterocycles. The van der Waals surface area contributed by atoms with Crippen LogP contribution in [0.15, 0.2) is 48.7 Å². The summed E-state index contributed by atoms with van der Waals surface area (Å²) in [4.78, 5) is 9.14. The molecule has 0 aliphatic carbocycles. The number of hydrogen-bond acceptors (Lipinski definition) is 5. The van der Waals surface area contributed by atoms with E-state index in [1.165, 1.54) is 22.4 Å². The molecule has 1 aliphatic rings. The van der Waals surface area contributed by atoms with Gasteiger partial charge in [0.1, 0.15) is 0 Å². The zero-order valence-corrected chi connectivity index (χ0v) is 16.7. The van der Waals surface area contributed by atoms with Gasteiger partial charge in [-0.25, -0.2) is 14.3 Å². The highest BCUT2D eigenvalue weighted by molar-refractivity contribution is 7.86. The SMILES string of the molecule is CBc1ccc2nc(Nc3cccc(C4CCN(S#CO)CC4)c3)ncc2c1. The first kappa shape index (κ1) is 18.9. The van der Waals surface area contributed by atoms with Crippen LogP contribution in [0.2, 0.25) is 6.82 Å². The fraction of sp³-hybridized carbons (Fsp3) is 0.286. The van der Waals surface area contributed by atoms with Gasteiger partial charge in [0, 0.05) is 30.4 Å². The van der Waals surface area contributed by atoms with Crippen molar-refractivity contribution in [3.8, 4) is 5.37 Å². The van der Waals surface area contributed by atoms with Crippen LogP contribution in [0.4, 0.5) is 11.6 Å². The summed E-state index contributed by atoms with van der Waals surface area (Å²) >= 11 is 1.27. The first-order chi connectivity index (χ1) is 13.7. The second kappa shape index (κ2) is 8.71. The molecule has 2 heterocycles. The van der Waals surface area contributed by atoms with Gasteiger partial charge in [-0.05, 0) is 53.9 Å². The van der Waals surface area contributed by atoms with E-state index in [9.17, 15) is 0 Å². The van der Waals surface area contributed by atoms with Crippen molar-refractivity contribution in [3.05, 3.63) is 54.2 Å². The maximum absolute atomic E-state index is 8.82. The zero-order valence-electron chi connectivity index (χ0n) is 15.9. The van der Waals surface area contributed by atoms with Crippen LogP contribution in [0.1, 0.15) is 24.3 Å². The molecule has 3 aromatic rings. The minimum Gasteiger partial charge on any atom is -0.324 e. The Morgan fingerprint density at radius 2 is 2.07 bits per heavy atom. The lowest BCUT2D eigenvalue weighted by Gasteiger charge is -2.28. The Bertz CT molecular complexity index is 1040. The number of rotatable bonds is 4.